The maximum Gasteiger partial charge on any atom is 0.245 e. The molecule has 0 aromatic heterocycles. The van der Waals surface area contributed by atoms with E-state index in [2.05, 4.69) is 0 Å². The molecule has 2 saturated heterocycles. The van der Waals surface area contributed by atoms with Crippen molar-refractivity contribution in [2.75, 3.05) is 39.4 Å². The van der Waals surface area contributed by atoms with Crippen LogP contribution in [-0.2, 0) is 14.3 Å². The summed E-state index contributed by atoms with van der Waals surface area (Å²) in [6.07, 6.45) is 5.86. The smallest absolute Gasteiger partial charge is 0.245 e. The summed E-state index contributed by atoms with van der Waals surface area (Å²) in [4.78, 5) is 29.7. The van der Waals surface area contributed by atoms with Gasteiger partial charge >= 0.3 is 0 Å². The SMILES string of the molecule is Cl.NC[C@H]1CCC[C@H]1C(=O)N1CCCCC1C(=O)N1CCOCC1. The average Bonchev–Trinajstić information content (AvgIpc) is 3.10. The van der Waals surface area contributed by atoms with E-state index >= 15 is 0 Å². The molecule has 3 aliphatic rings. The van der Waals surface area contributed by atoms with Crippen LogP contribution in [0.4, 0.5) is 0 Å². The molecule has 0 aromatic rings. The van der Waals surface area contributed by atoms with Gasteiger partial charge in [0.15, 0.2) is 0 Å². The maximum atomic E-state index is 13.0. The van der Waals surface area contributed by atoms with E-state index in [0.29, 0.717) is 45.3 Å². The van der Waals surface area contributed by atoms with E-state index in [1.807, 2.05) is 9.80 Å². The number of rotatable bonds is 3. The first-order valence-corrected chi connectivity index (χ1v) is 9.09. The molecule has 24 heavy (non-hydrogen) atoms. The standard InChI is InChI=1S/C17H29N3O3.ClH/c18-12-13-4-3-5-14(13)16(21)20-7-2-1-6-15(20)17(22)19-8-10-23-11-9-19;/h13-15H,1-12,18H2;1H/t13-,14-,15?;/m1./s1. The van der Waals surface area contributed by atoms with Crippen LogP contribution in [0.1, 0.15) is 38.5 Å². The van der Waals surface area contributed by atoms with Crippen LogP contribution >= 0.6 is 12.4 Å². The maximum absolute atomic E-state index is 13.0. The van der Waals surface area contributed by atoms with Gasteiger partial charge in [0, 0.05) is 25.6 Å². The van der Waals surface area contributed by atoms with Crippen molar-refractivity contribution < 1.29 is 14.3 Å². The van der Waals surface area contributed by atoms with E-state index in [-0.39, 0.29) is 36.2 Å². The molecular weight excluding hydrogens is 330 g/mol. The van der Waals surface area contributed by atoms with Crippen LogP contribution in [0.15, 0.2) is 0 Å². The molecule has 3 rings (SSSR count). The molecule has 0 radical (unpaired) electrons. The molecule has 1 aliphatic carbocycles. The summed E-state index contributed by atoms with van der Waals surface area (Å²) in [5, 5.41) is 0. The number of ether oxygens (including phenoxy) is 1. The fourth-order valence-corrected chi connectivity index (χ4v) is 4.30. The van der Waals surface area contributed by atoms with Gasteiger partial charge in [-0.2, -0.15) is 0 Å². The Balaban J connectivity index is 0.00000208. The second-order valence-corrected chi connectivity index (χ2v) is 7.01. The molecule has 2 heterocycles. The van der Waals surface area contributed by atoms with Crippen molar-refractivity contribution in [3.63, 3.8) is 0 Å². The third kappa shape index (κ3) is 4.03. The fourth-order valence-electron chi connectivity index (χ4n) is 4.30. The van der Waals surface area contributed by atoms with Gasteiger partial charge in [0.2, 0.25) is 11.8 Å². The number of amides is 2. The Kier molecular flexibility index (Phi) is 7.32. The number of likely N-dealkylation sites (tertiary alicyclic amines) is 1. The van der Waals surface area contributed by atoms with Crippen LogP contribution in [0.3, 0.4) is 0 Å². The van der Waals surface area contributed by atoms with Crippen LogP contribution in [0, 0.1) is 11.8 Å². The molecule has 6 nitrogen and oxygen atoms in total. The summed E-state index contributed by atoms with van der Waals surface area (Å²) >= 11 is 0. The van der Waals surface area contributed by atoms with E-state index < -0.39 is 0 Å². The van der Waals surface area contributed by atoms with Crippen LogP contribution in [-0.4, -0.2) is 67.0 Å². The van der Waals surface area contributed by atoms with Crippen molar-refractivity contribution in [3.8, 4) is 0 Å². The molecular formula is C17H30ClN3O3. The van der Waals surface area contributed by atoms with Crippen LogP contribution in [0.25, 0.3) is 0 Å². The Morgan fingerprint density at radius 1 is 0.958 bits per heavy atom. The number of nitrogens with zero attached hydrogens (tertiary/aromatic N) is 2. The zero-order valence-electron chi connectivity index (χ0n) is 14.3. The van der Waals surface area contributed by atoms with E-state index in [0.717, 1.165) is 38.5 Å². The van der Waals surface area contributed by atoms with Gasteiger partial charge < -0.3 is 20.3 Å². The quantitative estimate of drug-likeness (QED) is 0.816. The van der Waals surface area contributed by atoms with Crippen LogP contribution in [0.5, 0.6) is 0 Å². The third-order valence-corrected chi connectivity index (χ3v) is 5.67. The van der Waals surface area contributed by atoms with Crippen molar-refractivity contribution in [1.82, 2.24) is 9.80 Å². The zero-order valence-corrected chi connectivity index (χ0v) is 15.1. The lowest BCUT2D eigenvalue weighted by Crippen LogP contribution is -2.56. The van der Waals surface area contributed by atoms with Crippen molar-refractivity contribution in [3.05, 3.63) is 0 Å². The number of halogens is 1. The molecule has 0 spiro atoms. The highest BCUT2D eigenvalue weighted by molar-refractivity contribution is 5.89. The van der Waals surface area contributed by atoms with Gasteiger partial charge in [0.05, 0.1) is 13.2 Å². The average molecular weight is 360 g/mol. The summed E-state index contributed by atoms with van der Waals surface area (Å²) in [5.41, 5.74) is 5.84. The van der Waals surface area contributed by atoms with E-state index in [1.165, 1.54) is 0 Å². The molecule has 2 N–H and O–H groups in total. The van der Waals surface area contributed by atoms with Crippen molar-refractivity contribution in [2.45, 2.75) is 44.6 Å². The minimum atomic E-state index is -0.270. The molecule has 2 aliphatic heterocycles. The number of morpholine rings is 1. The topological polar surface area (TPSA) is 75.9 Å². The van der Waals surface area contributed by atoms with Crippen molar-refractivity contribution in [2.24, 2.45) is 17.6 Å². The van der Waals surface area contributed by atoms with E-state index in [1.54, 1.807) is 0 Å². The Hall–Kier alpha value is -0.850. The Morgan fingerprint density at radius 2 is 1.71 bits per heavy atom. The number of nitrogens with two attached hydrogens (primary N) is 1. The summed E-state index contributed by atoms with van der Waals surface area (Å²) < 4.78 is 5.33. The number of carbonyl (C=O) groups is 2. The molecule has 7 heteroatoms. The number of hydrogen-bond donors (Lipinski definition) is 1. The molecule has 2 amide bonds. The van der Waals surface area contributed by atoms with E-state index in [4.69, 9.17) is 10.5 Å². The zero-order chi connectivity index (χ0) is 16.2. The largest absolute Gasteiger partial charge is 0.378 e. The Morgan fingerprint density at radius 3 is 2.42 bits per heavy atom. The highest BCUT2D eigenvalue weighted by Crippen LogP contribution is 2.34. The van der Waals surface area contributed by atoms with Gasteiger partial charge in [-0.25, -0.2) is 0 Å². The minimum absolute atomic E-state index is 0. The lowest BCUT2D eigenvalue weighted by atomic mass is 9.92. The second kappa shape index (κ2) is 9.02. The monoisotopic (exact) mass is 359 g/mol. The highest BCUT2D eigenvalue weighted by Gasteiger charge is 2.41. The number of carbonyl (C=O) groups excluding carboxylic acids is 2. The van der Waals surface area contributed by atoms with Gasteiger partial charge in [0.1, 0.15) is 6.04 Å². The lowest BCUT2D eigenvalue weighted by Gasteiger charge is -2.40. The third-order valence-electron chi connectivity index (χ3n) is 5.67. The molecule has 138 valence electrons. The molecule has 3 atom stereocenters. The van der Waals surface area contributed by atoms with Gasteiger partial charge in [-0.05, 0) is 44.6 Å². The van der Waals surface area contributed by atoms with Gasteiger partial charge in [-0.15, -0.1) is 12.4 Å². The first kappa shape index (κ1) is 19.5. The van der Waals surface area contributed by atoms with Crippen LogP contribution in [0.2, 0.25) is 0 Å². The highest BCUT2D eigenvalue weighted by atomic mass is 35.5. The van der Waals surface area contributed by atoms with Gasteiger partial charge in [0.25, 0.3) is 0 Å². The first-order valence-electron chi connectivity index (χ1n) is 9.09. The normalized spacial score (nSPS) is 30.8. The lowest BCUT2D eigenvalue weighted by molar-refractivity contribution is -0.152. The minimum Gasteiger partial charge on any atom is -0.378 e. The number of hydrogen-bond acceptors (Lipinski definition) is 4. The summed E-state index contributed by atoms with van der Waals surface area (Å²) in [6.45, 7) is 3.78. The summed E-state index contributed by atoms with van der Waals surface area (Å²) in [7, 11) is 0. The molecule has 1 saturated carbocycles. The predicted octanol–water partition coefficient (Wildman–Crippen LogP) is 1.02. The van der Waals surface area contributed by atoms with Crippen LogP contribution < -0.4 is 5.73 Å². The van der Waals surface area contributed by atoms with Crippen molar-refractivity contribution in [1.29, 1.82) is 0 Å². The Labute approximate surface area is 150 Å². The second-order valence-electron chi connectivity index (χ2n) is 7.01. The van der Waals surface area contributed by atoms with Gasteiger partial charge in [-0.1, -0.05) is 6.42 Å². The van der Waals surface area contributed by atoms with Gasteiger partial charge in [-0.3, -0.25) is 9.59 Å². The first-order chi connectivity index (χ1) is 11.2. The fraction of sp³-hybridized carbons (Fsp3) is 0.882. The number of piperidine rings is 1. The summed E-state index contributed by atoms with van der Waals surface area (Å²) in [5.74, 6) is 0.606. The molecule has 3 fully saturated rings. The van der Waals surface area contributed by atoms with E-state index in [9.17, 15) is 9.59 Å². The molecule has 0 aromatic carbocycles. The molecule has 0 bridgehead atoms. The summed E-state index contributed by atoms with van der Waals surface area (Å²) in [6, 6.07) is -0.270. The predicted molar refractivity (Wildman–Crippen MR) is 93.9 cm³/mol. The Bertz CT molecular complexity index is 443. The van der Waals surface area contributed by atoms with Crippen molar-refractivity contribution >= 4 is 24.2 Å². The molecule has 1 unspecified atom stereocenters.